The zero-order valence-electron chi connectivity index (χ0n) is 18.3. The third kappa shape index (κ3) is 3.62. The third-order valence-electron chi connectivity index (χ3n) is 7.40. The first kappa shape index (κ1) is 20.2. The van der Waals surface area contributed by atoms with Gasteiger partial charge in [-0.1, -0.05) is 25.7 Å². The zero-order chi connectivity index (χ0) is 21.4. The Morgan fingerprint density at radius 1 is 1.19 bits per heavy atom. The largest absolute Gasteiger partial charge is 0.496 e. The molecule has 164 valence electrons. The highest BCUT2D eigenvalue weighted by Crippen LogP contribution is 2.47. The molecule has 2 aliphatic carbocycles. The fraction of sp³-hybridized carbons (Fsp3) is 0.520. The second-order valence-electron chi connectivity index (χ2n) is 9.17. The van der Waals surface area contributed by atoms with Gasteiger partial charge in [-0.2, -0.15) is 0 Å². The van der Waals surface area contributed by atoms with Gasteiger partial charge in [-0.25, -0.2) is 4.98 Å². The van der Waals surface area contributed by atoms with Crippen molar-refractivity contribution in [2.24, 2.45) is 5.73 Å². The van der Waals surface area contributed by atoms with Crippen molar-refractivity contribution in [2.75, 3.05) is 24.0 Å². The number of anilines is 2. The lowest BCUT2D eigenvalue weighted by atomic mass is 9.83. The summed E-state index contributed by atoms with van der Waals surface area (Å²) >= 11 is 0. The predicted molar refractivity (Wildman–Crippen MR) is 123 cm³/mol. The summed E-state index contributed by atoms with van der Waals surface area (Å²) < 4.78 is 6.11. The van der Waals surface area contributed by atoms with E-state index in [1.165, 1.54) is 36.8 Å². The standard InChI is InChI=1S/C25H32N4O2/c1-31-23-20(14-29-15-28-25-21(29)11-6-12-27-25)18(16-7-2-3-8-16)13-19(24(26)30)22(23)17-9-4-5-10-17/h6,11-13,16-17H,2-5,7-10,14-15H2,1H3,(H2,26,30)(H,27,28). The Kier molecular flexibility index (Phi) is 5.47. The number of methoxy groups -OCH3 is 1. The lowest BCUT2D eigenvalue weighted by Gasteiger charge is -2.28. The molecule has 2 heterocycles. The molecule has 1 aromatic carbocycles. The molecule has 1 aliphatic heterocycles. The number of hydrogen-bond acceptors (Lipinski definition) is 5. The highest BCUT2D eigenvalue weighted by molar-refractivity contribution is 5.96. The smallest absolute Gasteiger partial charge is 0.249 e. The van der Waals surface area contributed by atoms with Crippen LogP contribution in [-0.4, -0.2) is 24.7 Å². The monoisotopic (exact) mass is 420 g/mol. The van der Waals surface area contributed by atoms with Gasteiger partial charge in [0.25, 0.3) is 0 Å². The number of pyridine rings is 1. The van der Waals surface area contributed by atoms with E-state index < -0.39 is 0 Å². The van der Waals surface area contributed by atoms with Crippen molar-refractivity contribution >= 4 is 17.4 Å². The van der Waals surface area contributed by atoms with E-state index in [1.54, 1.807) is 7.11 Å². The number of ether oxygens (including phenoxy) is 1. The molecule has 0 radical (unpaired) electrons. The van der Waals surface area contributed by atoms with Crippen LogP contribution in [0.2, 0.25) is 0 Å². The van der Waals surface area contributed by atoms with Gasteiger partial charge >= 0.3 is 0 Å². The van der Waals surface area contributed by atoms with E-state index in [0.717, 1.165) is 61.7 Å². The Hall–Kier alpha value is -2.76. The zero-order valence-corrected chi connectivity index (χ0v) is 18.3. The minimum Gasteiger partial charge on any atom is -0.496 e. The number of benzene rings is 1. The first-order chi connectivity index (χ1) is 15.2. The molecule has 2 saturated carbocycles. The number of carbonyl (C=O) groups excluding carboxylic acids is 1. The average molecular weight is 421 g/mol. The molecule has 0 bridgehead atoms. The van der Waals surface area contributed by atoms with E-state index in [2.05, 4.69) is 27.3 Å². The Balaban J connectivity index is 1.65. The van der Waals surface area contributed by atoms with Crippen LogP contribution < -0.4 is 20.7 Å². The van der Waals surface area contributed by atoms with Gasteiger partial charge < -0.3 is 20.7 Å². The molecular weight excluding hydrogens is 388 g/mol. The lowest BCUT2D eigenvalue weighted by Crippen LogP contribution is -2.25. The molecule has 31 heavy (non-hydrogen) atoms. The third-order valence-corrected chi connectivity index (χ3v) is 7.40. The van der Waals surface area contributed by atoms with Gasteiger partial charge in [0.15, 0.2) is 5.82 Å². The molecule has 6 nitrogen and oxygen atoms in total. The van der Waals surface area contributed by atoms with Crippen LogP contribution in [0.5, 0.6) is 5.75 Å². The van der Waals surface area contributed by atoms with Gasteiger partial charge in [0, 0.05) is 29.4 Å². The Bertz CT molecular complexity index is 978. The summed E-state index contributed by atoms with van der Waals surface area (Å²) in [5, 5.41) is 3.40. The summed E-state index contributed by atoms with van der Waals surface area (Å²) in [6.07, 6.45) is 11.2. The van der Waals surface area contributed by atoms with Crippen molar-refractivity contribution in [1.82, 2.24) is 4.98 Å². The van der Waals surface area contributed by atoms with Crippen LogP contribution in [0.4, 0.5) is 11.5 Å². The van der Waals surface area contributed by atoms with Crippen molar-refractivity contribution < 1.29 is 9.53 Å². The van der Waals surface area contributed by atoms with Crippen LogP contribution in [0.25, 0.3) is 0 Å². The Labute approximate surface area is 184 Å². The van der Waals surface area contributed by atoms with Gasteiger partial charge in [-0.3, -0.25) is 4.79 Å². The highest BCUT2D eigenvalue weighted by Gasteiger charge is 2.33. The van der Waals surface area contributed by atoms with Crippen molar-refractivity contribution in [3.05, 3.63) is 46.6 Å². The minimum atomic E-state index is -0.330. The molecular formula is C25H32N4O2. The number of aromatic nitrogens is 1. The second kappa shape index (κ2) is 8.40. The Morgan fingerprint density at radius 2 is 1.90 bits per heavy atom. The molecule has 3 N–H and O–H groups in total. The highest BCUT2D eigenvalue weighted by atomic mass is 16.5. The van der Waals surface area contributed by atoms with E-state index in [1.807, 2.05) is 12.3 Å². The van der Waals surface area contributed by atoms with E-state index in [4.69, 9.17) is 10.5 Å². The number of fused-ring (bicyclic) bond motifs is 1. The normalized spacial score (nSPS) is 18.9. The maximum absolute atomic E-state index is 12.6. The van der Waals surface area contributed by atoms with E-state index in [0.29, 0.717) is 17.4 Å². The fourth-order valence-corrected chi connectivity index (χ4v) is 5.93. The molecule has 1 aromatic heterocycles. The van der Waals surface area contributed by atoms with Gasteiger partial charge in [0.2, 0.25) is 5.91 Å². The molecule has 0 atom stereocenters. The number of hydrogen-bond donors (Lipinski definition) is 2. The average Bonchev–Trinajstić information content (AvgIpc) is 3.55. The summed E-state index contributed by atoms with van der Waals surface area (Å²) in [7, 11) is 1.75. The van der Waals surface area contributed by atoms with Crippen LogP contribution in [0.1, 0.15) is 90.3 Å². The molecule has 2 fully saturated rings. The van der Waals surface area contributed by atoms with E-state index in [-0.39, 0.29) is 5.91 Å². The lowest BCUT2D eigenvalue weighted by molar-refractivity contribution is 0.0998. The number of nitrogens with zero attached hydrogens (tertiary/aromatic N) is 2. The number of nitrogens with two attached hydrogens (primary N) is 1. The first-order valence-electron chi connectivity index (χ1n) is 11.6. The van der Waals surface area contributed by atoms with Gasteiger partial charge in [-0.15, -0.1) is 0 Å². The molecule has 2 aromatic rings. The number of amides is 1. The molecule has 5 rings (SSSR count). The summed E-state index contributed by atoms with van der Waals surface area (Å²) in [6.45, 7) is 1.45. The van der Waals surface area contributed by atoms with Crippen molar-refractivity contribution in [1.29, 1.82) is 0 Å². The van der Waals surface area contributed by atoms with Crippen LogP contribution in [-0.2, 0) is 6.54 Å². The number of nitrogens with one attached hydrogen (secondary N) is 1. The summed E-state index contributed by atoms with van der Waals surface area (Å²) in [4.78, 5) is 19.4. The molecule has 6 heteroatoms. The van der Waals surface area contributed by atoms with Crippen molar-refractivity contribution in [3.63, 3.8) is 0 Å². The van der Waals surface area contributed by atoms with Crippen LogP contribution in [0, 0.1) is 0 Å². The first-order valence-corrected chi connectivity index (χ1v) is 11.6. The second-order valence-corrected chi connectivity index (χ2v) is 9.17. The summed E-state index contributed by atoms with van der Waals surface area (Å²) in [6, 6.07) is 6.21. The number of primary amides is 1. The van der Waals surface area contributed by atoms with Gasteiger partial charge in [-0.05, 0) is 61.3 Å². The van der Waals surface area contributed by atoms with Gasteiger partial charge in [0.05, 0.1) is 19.5 Å². The minimum absolute atomic E-state index is 0.330. The topological polar surface area (TPSA) is 80.5 Å². The summed E-state index contributed by atoms with van der Waals surface area (Å²) in [5.41, 5.74) is 11.2. The fourth-order valence-electron chi connectivity index (χ4n) is 5.93. The van der Waals surface area contributed by atoms with Gasteiger partial charge in [0.1, 0.15) is 5.75 Å². The molecule has 1 amide bonds. The van der Waals surface area contributed by atoms with Crippen LogP contribution >= 0.6 is 0 Å². The molecule has 0 spiro atoms. The molecule has 0 unspecified atom stereocenters. The maximum Gasteiger partial charge on any atom is 0.249 e. The number of rotatable bonds is 6. The Morgan fingerprint density at radius 3 is 2.58 bits per heavy atom. The maximum atomic E-state index is 12.6. The predicted octanol–water partition coefficient (Wildman–Crippen LogP) is 4.89. The summed E-state index contributed by atoms with van der Waals surface area (Å²) in [5.74, 6) is 2.29. The quantitative estimate of drug-likeness (QED) is 0.695. The molecule has 0 saturated heterocycles. The van der Waals surface area contributed by atoms with Crippen molar-refractivity contribution in [2.45, 2.75) is 69.7 Å². The van der Waals surface area contributed by atoms with Crippen LogP contribution in [0.15, 0.2) is 24.4 Å². The van der Waals surface area contributed by atoms with Crippen LogP contribution in [0.3, 0.4) is 0 Å². The molecule has 3 aliphatic rings. The van der Waals surface area contributed by atoms with E-state index >= 15 is 0 Å². The van der Waals surface area contributed by atoms with Crippen molar-refractivity contribution in [3.8, 4) is 5.75 Å². The SMILES string of the molecule is COc1c(CN2CNc3ncccc32)c(C2CCCC2)cc(C(N)=O)c1C1CCCC1. The van der Waals surface area contributed by atoms with E-state index in [9.17, 15) is 4.79 Å². The number of carbonyl (C=O) groups is 1.